The number of primary amides is 1. The minimum absolute atomic E-state index is 0.273. The molecule has 0 bridgehead atoms. The highest BCUT2D eigenvalue weighted by Gasteiger charge is 2.12. The summed E-state index contributed by atoms with van der Waals surface area (Å²) >= 11 is 0. The quantitative estimate of drug-likeness (QED) is 0.741. The fourth-order valence-electron chi connectivity index (χ4n) is 2.23. The van der Waals surface area contributed by atoms with Gasteiger partial charge in [0, 0.05) is 19.1 Å². The summed E-state index contributed by atoms with van der Waals surface area (Å²) in [4.78, 5) is 25.4. The Labute approximate surface area is 123 Å². The SMILES string of the molecule is CC(C)N(CCCn1cnc2c(N)ncnc21)CC(N)=O. The Morgan fingerprint density at radius 2 is 2.14 bits per heavy atom. The molecule has 21 heavy (non-hydrogen) atoms. The second-order valence-corrected chi connectivity index (χ2v) is 5.25. The van der Waals surface area contributed by atoms with Gasteiger partial charge in [0.05, 0.1) is 12.9 Å². The Morgan fingerprint density at radius 3 is 2.81 bits per heavy atom. The normalized spacial score (nSPS) is 11.6. The lowest BCUT2D eigenvalue weighted by atomic mass is 10.2. The zero-order chi connectivity index (χ0) is 15.4. The lowest BCUT2D eigenvalue weighted by molar-refractivity contribution is -0.119. The molecule has 0 saturated carbocycles. The number of fused-ring (bicyclic) bond motifs is 1. The van der Waals surface area contributed by atoms with Crippen molar-refractivity contribution in [3.8, 4) is 0 Å². The second kappa shape index (κ2) is 6.49. The van der Waals surface area contributed by atoms with Crippen LogP contribution in [-0.4, -0.2) is 49.5 Å². The van der Waals surface area contributed by atoms with Crippen molar-refractivity contribution in [2.45, 2.75) is 32.9 Å². The summed E-state index contributed by atoms with van der Waals surface area (Å²) in [6, 6.07) is 0.273. The van der Waals surface area contributed by atoms with Gasteiger partial charge in [-0.05, 0) is 20.3 Å². The van der Waals surface area contributed by atoms with Crippen LogP contribution in [0, 0.1) is 0 Å². The van der Waals surface area contributed by atoms with Crippen molar-refractivity contribution in [1.29, 1.82) is 0 Å². The topological polar surface area (TPSA) is 116 Å². The molecule has 0 unspecified atom stereocenters. The van der Waals surface area contributed by atoms with Crippen LogP contribution in [0.3, 0.4) is 0 Å². The van der Waals surface area contributed by atoms with E-state index >= 15 is 0 Å². The molecule has 0 aromatic carbocycles. The summed E-state index contributed by atoms with van der Waals surface area (Å²) in [5, 5.41) is 0. The standard InChI is InChI=1S/C13H21N7O/c1-9(2)19(6-10(14)21)4-3-5-20-8-18-11-12(15)16-7-17-13(11)20/h7-9H,3-6H2,1-2H3,(H2,14,21)(H2,15,16,17). The number of carbonyl (C=O) groups excluding carboxylic acids is 1. The van der Waals surface area contributed by atoms with Gasteiger partial charge < -0.3 is 16.0 Å². The van der Waals surface area contributed by atoms with E-state index in [2.05, 4.69) is 15.0 Å². The second-order valence-electron chi connectivity index (χ2n) is 5.25. The van der Waals surface area contributed by atoms with E-state index in [1.54, 1.807) is 6.33 Å². The van der Waals surface area contributed by atoms with Gasteiger partial charge in [-0.2, -0.15) is 0 Å². The number of aryl methyl sites for hydroxylation is 1. The van der Waals surface area contributed by atoms with Gasteiger partial charge in [0.25, 0.3) is 0 Å². The summed E-state index contributed by atoms with van der Waals surface area (Å²) in [5.41, 5.74) is 12.4. The van der Waals surface area contributed by atoms with Gasteiger partial charge in [-0.25, -0.2) is 15.0 Å². The molecular weight excluding hydrogens is 270 g/mol. The van der Waals surface area contributed by atoms with Gasteiger partial charge in [0.15, 0.2) is 11.5 Å². The third-order valence-electron chi connectivity index (χ3n) is 3.36. The predicted octanol–water partition coefficient (Wildman–Crippen LogP) is -0.00570. The minimum atomic E-state index is -0.308. The van der Waals surface area contributed by atoms with Crippen molar-refractivity contribution in [3.05, 3.63) is 12.7 Å². The molecule has 0 saturated heterocycles. The van der Waals surface area contributed by atoms with E-state index < -0.39 is 0 Å². The molecule has 8 heteroatoms. The Morgan fingerprint density at radius 1 is 1.38 bits per heavy atom. The molecule has 0 aliphatic heterocycles. The number of nitrogens with two attached hydrogens (primary N) is 2. The maximum Gasteiger partial charge on any atom is 0.231 e. The van der Waals surface area contributed by atoms with Gasteiger partial charge in [-0.1, -0.05) is 0 Å². The molecule has 0 aliphatic rings. The molecule has 0 fully saturated rings. The van der Waals surface area contributed by atoms with E-state index in [9.17, 15) is 4.79 Å². The molecule has 0 radical (unpaired) electrons. The number of anilines is 1. The summed E-state index contributed by atoms with van der Waals surface area (Å²) in [5.74, 6) is 0.0774. The highest BCUT2D eigenvalue weighted by Crippen LogP contribution is 2.14. The van der Waals surface area contributed by atoms with Crippen molar-refractivity contribution >= 4 is 22.9 Å². The van der Waals surface area contributed by atoms with Crippen LogP contribution in [0.1, 0.15) is 20.3 Å². The van der Waals surface area contributed by atoms with Gasteiger partial charge in [-0.15, -0.1) is 0 Å². The molecular formula is C13H21N7O. The van der Waals surface area contributed by atoms with Gasteiger partial charge in [0.2, 0.25) is 5.91 Å². The fraction of sp³-hybridized carbons (Fsp3) is 0.538. The summed E-state index contributed by atoms with van der Waals surface area (Å²) < 4.78 is 1.94. The average molecular weight is 291 g/mol. The van der Waals surface area contributed by atoms with E-state index in [0.29, 0.717) is 11.3 Å². The first kappa shape index (κ1) is 15.2. The first-order valence-corrected chi connectivity index (χ1v) is 6.92. The number of hydrogen-bond donors (Lipinski definition) is 2. The van der Waals surface area contributed by atoms with Gasteiger partial charge in [-0.3, -0.25) is 9.69 Å². The predicted molar refractivity (Wildman–Crippen MR) is 80.3 cm³/mol. The maximum absolute atomic E-state index is 11.1. The molecule has 0 aliphatic carbocycles. The molecule has 4 N–H and O–H groups in total. The Balaban J connectivity index is 1.98. The van der Waals surface area contributed by atoms with E-state index in [0.717, 1.165) is 25.2 Å². The van der Waals surface area contributed by atoms with Crippen LogP contribution in [-0.2, 0) is 11.3 Å². The zero-order valence-electron chi connectivity index (χ0n) is 12.4. The Hall–Kier alpha value is -2.22. The summed E-state index contributed by atoms with van der Waals surface area (Å²) in [7, 11) is 0. The lowest BCUT2D eigenvalue weighted by Crippen LogP contribution is -2.39. The first-order chi connectivity index (χ1) is 9.99. The highest BCUT2D eigenvalue weighted by molar-refractivity contribution is 5.81. The van der Waals surface area contributed by atoms with E-state index in [1.807, 2.05) is 23.3 Å². The summed E-state index contributed by atoms with van der Waals surface area (Å²) in [6.45, 7) is 5.89. The number of amides is 1. The van der Waals surface area contributed by atoms with E-state index in [4.69, 9.17) is 11.5 Å². The molecule has 8 nitrogen and oxygen atoms in total. The molecule has 2 aromatic rings. The van der Waals surface area contributed by atoms with Crippen molar-refractivity contribution in [3.63, 3.8) is 0 Å². The average Bonchev–Trinajstić information content (AvgIpc) is 2.82. The molecule has 114 valence electrons. The maximum atomic E-state index is 11.1. The molecule has 2 heterocycles. The number of hydrogen-bond acceptors (Lipinski definition) is 6. The molecule has 0 atom stereocenters. The van der Waals surface area contributed by atoms with Crippen molar-refractivity contribution in [1.82, 2.24) is 24.4 Å². The largest absolute Gasteiger partial charge is 0.382 e. The smallest absolute Gasteiger partial charge is 0.231 e. The van der Waals surface area contributed by atoms with Crippen LogP contribution in [0.15, 0.2) is 12.7 Å². The third-order valence-corrected chi connectivity index (χ3v) is 3.36. The van der Waals surface area contributed by atoms with E-state index in [1.165, 1.54) is 6.33 Å². The van der Waals surface area contributed by atoms with Crippen LogP contribution in [0.25, 0.3) is 11.2 Å². The van der Waals surface area contributed by atoms with Crippen molar-refractivity contribution in [2.75, 3.05) is 18.8 Å². The number of rotatable bonds is 7. The molecule has 1 amide bonds. The van der Waals surface area contributed by atoms with Crippen LogP contribution >= 0.6 is 0 Å². The van der Waals surface area contributed by atoms with Crippen molar-refractivity contribution < 1.29 is 4.79 Å². The number of aromatic nitrogens is 4. The van der Waals surface area contributed by atoms with Gasteiger partial charge >= 0.3 is 0 Å². The highest BCUT2D eigenvalue weighted by atomic mass is 16.1. The monoisotopic (exact) mass is 291 g/mol. The number of nitrogen functional groups attached to an aromatic ring is 1. The molecule has 2 aromatic heterocycles. The van der Waals surface area contributed by atoms with Crippen LogP contribution in [0.4, 0.5) is 5.82 Å². The van der Waals surface area contributed by atoms with Crippen LogP contribution < -0.4 is 11.5 Å². The zero-order valence-corrected chi connectivity index (χ0v) is 12.4. The molecule has 2 rings (SSSR count). The number of carbonyl (C=O) groups is 1. The number of nitrogens with zero attached hydrogens (tertiary/aromatic N) is 5. The first-order valence-electron chi connectivity index (χ1n) is 6.92. The van der Waals surface area contributed by atoms with E-state index in [-0.39, 0.29) is 18.5 Å². The Bertz CT molecular complexity index is 622. The Kier molecular flexibility index (Phi) is 4.69. The van der Waals surface area contributed by atoms with Crippen LogP contribution in [0.2, 0.25) is 0 Å². The minimum Gasteiger partial charge on any atom is -0.382 e. The fourth-order valence-corrected chi connectivity index (χ4v) is 2.23. The number of imidazole rings is 1. The third kappa shape index (κ3) is 3.66. The van der Waals surface area contributed by atoms with Crippen molar-refractivity contribution in [2.24, 2.45) is 5.73 Å². The van der Waals surface area contributed by atoms with Gasteiger partial charge in [0.1, 0.15) is 11.8 Å². The summed E-state index contributed by atoms with van der Waals surface area (Å²) in [6.07, 6.45) is 4.01. The lowest BCUT2D eigenvalue weighted by Gasteiger charge is -2.24. The van der Waals surface area contributed by atoms with Crippen LogP contribution in [0.5, 0.6) is 0 Å². The molecule has 0 spiro atoms.